The van der Waals surface area contributed by atoms with Crippen LogP contribution in [0.15, 0.2) is 72.9 Å². The molecule has 5 nitrogen and oxygen atoms in total. The third kappa shape index (κ3) is 5.27. The molecule has 154 valence electrons. The van der Waals surface area contributed by atoms with E-state index in [4.69, 9.17) is 19.7 Å². The fourth-order valence-corrected chi connectivity index (χ4v) is 3.95. The van der Waals surface area contributed by atoms with Crippen molar-refractivity contribution < 1.29 is 9.47 Å². The molecule has 0 saturated heterocycles. The van der Waals surface area contributed by atoms with Gasteiger partial charge in [0.1, 0.15) is 24.0 Å². The summed E-state index contributed by atoms with van der Waals surface area (Å²) in [6, 6.07) is 23.7. The van der Waals surface area contributed by atoms with Crippen molar-refractivity contribution in [1.82, 2.24) is 9.97 Å². The predicted octanol–water partition coefficient (Wildman–Crippen LogP) is 5.74. The van der Waals surface area contributed by atoms with Gasteiger partial charge in [0, 0.05) is 22.2 Å². The predicted molar refractivity (Wildman–Crippen MR) is 121 cm³/mol. The van der Waals surface area contributed by atoms with Crippen molar-refractivity contribution in [3.8, 4) is 28.3 Å². The molecule has 0 saturated carbocycles. The average Bonchev–Trinajstić information content (AvgIpc) is 3.19. The van der Waals surface area contributed by atoms with Gasteiger partial charge in [-0.2, -0.15) is 5.26 Å². The Bertz CT molecular complexity index is 1180. The Kier molecular flexibility index (Phi) is 6.56. The maximum Gasteiger partial charge on any atom is 0.217 e. The maximum absolute atomic E-state index is 8.92. The van der Waals surface area contributed by atoms with Crippen LogP contribution in [-0.2, 0) is 19.6 Å². The summed E-state index contributed by atoms with van der Waals surface area (Å²) in [7, 11) is 0. The van der Waals surface area contributed by atoms with Gasteiger partial charge in [-0.15, -0.1) is 11.3 Å². The van der Waals surface area contributed by atoms with Crippen molar-refractivity contribution in [1.29, 1.82) is 5.26 Å². The van der Waals surface area contributed by atoms with Crippen LogP contribution in [-0.4, -0.2) is 9.97 Å². The third-order valence-electron chi connectivity index (χ3n) is 4.71. The fourth-order valence-electron chi connectivity index (χ4n) is 3.03. The minimum absolute atomic E-state index is 0.276. The number of hydrogen-bond donors (Lipinski definition) is 0. The summed E-state index contributed by atoms with van der Waals surface area (Å²) >= 11 is 1.68. The number of nitrogens with zero attached hydrogens (tertiary/aromatic N) is 3. The molecule has 2 heterocycles. The normalized spacial score (nSPS) is 10.5. The van der Waals surface area contributed by atoms with Gasteiger partial charge in [0.2, 0.25) is 5.88 Å². The molecule has 0 amide bonds. The van der Waals surface area contributed by atoms with Gasteiger partial charge >= 0.3 is 0 Å². The van der Waals surface area contributed by atoms with E-state index < -0.39 is 0 Å². The van der Waals surface area contributed by atoms with E-state index in [0.29, 0.717) is 19.1 Å². The Morgan fingerprint density at radius 1 is 0.935 bits per heavy atom. The molecule has 0 radical (unpaired) electrons. The molecule has 31 heavy (non-hydrogen) atoms. The Hall–Kier alpha value is -3.69. The second kappa shape index (κ2) is 9.88. The molecule has 2 aromatic carbocycles. The summed E-state index contributed by atoms with van der Waals surface area (Å²) in [5.74, 6) is 1.28. The first kappa shape index (κ1) is 20.6. The zero-order chi connectivity index (χ0) is 21.5. The summed E-state index contributed by atoms with van der Waals surface area (Å²) in [6.45, 7) is 2.87. The number of pyridine rings is 1. The molecule has 0 unspecified atom stereocenters. The van der Waals surface area contributed by atoms with Crippen LogP contribution in [0.5, 0.6) is 11.6 Å². The highest BCUT2D eigenvalue weighted by atomic mass is 32.1. The molecule has 6 heteroatoms. The zero-order valence-corrected chi connectivity index (χ0v) is 17.9. The first-order valence-electron chi connectivity index (χ1n) is 9.90. The van der Waals surface area contributed by atoms with Crippen molar-refractivity contribution in [2.45, 2.75) is 26.6 Å². The second-order valence-corrected chi connectivity index (χ2v) is 8.11. The molecule has 0 bridgehead atoms. The second-order valence-electron chi connectivity index (χ2n) is 6.91. The third-order valence-corrected chi connectivity index (χ3v) is 5.77. The smallest absolute Gasteiger partial charge is 0.217 e. The highest BCUT2D eigenvalue weighted by molar-refractivity contribution is 7.15. The number of thiazole rings is 1. The molecule has 4 rings (SSSR count). The highest BCUT2D eigenvalue weighted by Gasteiger charge is 2.10. The van der Waals surface area contributed by atoms with Crippen molar-refractivity contribution in [3.05, 3.63) is 94.6 Å². The van der Waals surface area contributed by atoms with Crippen LogP contribution in [0.2, 0.25) is 0 Å². The topological polar surface area (TPSA) is 68.0 Å². The van der Waals surface area contributed by atoms with Gasteiger partial charge in [-0.05, 0) is 30.7 Å². The van der Waals surface area contributed by atoms with Gasteiger partial charge in [-0.3, -0.25) is 0 Å². The van der Waals surface area contributed by atoms with Gasteiger partial charge in [-0.1, -0.05) is 48.5 Å². The zero-order valence-electron chi connectivity index (χ0n) is 17.1. The number of aryl methyl sites for hydroxylation is 1. The number of benzene rings is 2. The van der Waals surface area contributed by atoms with E-state index in [1.165, 1.54) is 0 Å². The van der Waals surface area contributed by atoms with E-state index in [-0.39, 0.29) is 6.42 Å². The van der Waals surface area contributed by atoms with Crippen LogP contribution < -0.4 is 9.47 Å². The van der Waals surface area contributed by atoms with Gasteiger partial charge in [-0.25, -0.2) is 9.97 Å². The van der Waals surface area contributed by atoms with Crippen LogP contribution in [0.25, 0.3) is 10.6 Å². The van der Waals surface area contributed by atoms with Crippen molar-refractivity contribution in [3.63, 3.8) is 0 Å². The Balaban J connectivity index is 1.34. The number of aromatic nitrogens is 2. The first-order valence-corrected chi connectivity index (χ1v) is 10.7. The molecule has 0 N–H and O–H groups in total. The first-order chi connectivity index (χ1) is 15.2. The lowest BCUT2D eigenvalue weighted by Gasteiger charge is -2.09. The van der Waals surface area contributed by atoms with Crippen molar-refractivity contribution in [2.75, 3.05) is 0 Å². The lowest BCUT2D eigenvalue weighted by molar-refractivity contribution is 0.289. The van der Waals surface area contributed by atoms with Crippen LogP contribution >= 0.6 is 11.3 Å². The Morgan fingerprint density at radius 2 is 1.74 bits per heavy atom. The Morgan fingerprint density at radius 3 is 2.52 bits per heavy atom. The minimum atomic E-state index is 0.276. The van der Waals surface area contributed by atoms with E-state index in [0.717, 1.165) is 38.0 Å². The fraction of sp³-hybridized carbons (Fsp3) is 0.160. The van der Waals surface area contributed by atoms with E-state index in [1.54, 1.807) is 23.6 Å². The number of nitriles is 1. The molecule has 0 aliphatic heterocycles. The SMILES string of the molecule is Cc1sc(-c2ccccc2)nc1COc1ccc(COc2ncccc2CC#N)cc1. The van der Waals surface area contributed by atoms with Crippen molar-refractivity contribution >= 4 is 11.3 Å². The van der Waals surface area contributed by atoms with E-state index >= 15 is 0 Å². The molecular formula is C25H21N3O2S. The van der Waals surface area contributed by atoms with E-state index in [2.05, 4.69) is 30.1 Å². The molecule has 0 aliphatic rings. The standard InChI is InChI=1S/C25H21N3O2S/c1-18-23(28-25(31-18)21-6-3-2-4-7-21)17-29-22-11-9-19(10-12-22)16-30-24-20(13-14-26)8-5-15-27-24/h2-12,15H,13,16-17H2,1H3. The summed E-state index contributed by atoms with van der Waals surface area (Å²) in [4.78, 5) is 10.1. The van der Waals surface area contributed by atoms with E-state index in [9.17, 15) is 0 Å². The molecule has 0 aliphatic carbocycles. The minimum Gasteiger partial charge on any atom is -0.487 e. The van der Waals surface area contributed by atoms with Crippen LogP contribution in [0.1, 0.15) is 21.7 Å². The Labute approximate surface area is 185 Å². The van der Waals surface area contributed by atoms with Gasteiger partial charge < -0.3 is 9.47 Å². The van der Waals surface area contributed by atoms with Crippen LogP contribution in [0.4, 0.5) is 0 Å². The molecule has 0 spiro atoms. The van der Waals surface area contributed by atoms with Gasteiger partial charge in [0.15, 0.2) is 0 Å². The van der Waals surface area contributed by atoms with Crippen LogP contribution in [0, 0.1) is 18.3 Å². The van der Waals surface area contributed by atoms with Crippen molar-refractivity contribution in [2.24, 2.45) is 0 Å². The summed E-state index contributed by atoms with van der Waals surface area (Å²) in [5.41, 5.74) is 3.86. The average molecular weight is 428 g/mol. The molecule has 0 fully saturated rings. The number of ether oxygens (including phenoxy) is 2. The summed E-state index contributed by atoms with van der Waals surface area (Å²) in [6.07, 6.45) is 1.94. The lowest BCUT2D eigenvalue weighted by Crippen LogP contribution is -2.01. The monoisotopic (exact) mass is 427 g/mol. The molecular weight excluding hydrogens is 406 g/mol. The van der Waals surface area contributed by atoms with E-state index in [1.807, 2.05) is 48.5 Å². The highest BCUT2D eigenvalue weighted by Crippen LogP contribution is 2.28. The number of rotatable bonds is 8. The quantitative estimate of drug-likeness (QED) is 0.359. The summed E-state index contributed by atoms with van der Waals surface area (Å²) in [5, 5.41) is 9.93. The van der Waals surface area contributed by atoms with Gasteiger partial charge in [0.25, 0.3) is 0 Å². The van der Waals surface area contributed by atoms with Crippen LogP contribution in [0.3, 0.4) is 0 Å². The summed E-state index contributed by atoms with van der Waals surface area (Å²) < 4.78 is 11.7. The molecule has 2 aromatic heterocycles. The lowest BCUT2D eigenvalue weighted by atomic mass is 10.2. The largest absolute Gasteiger partial charge is 0.487 e. The van der Waals surface area contributed by atoms with Gasteiger partial charge in [0.05, 0.1) is 18.2 Å². The molecule has 4 aromatic rings. The molecule has 0 atom stereocenters. The maximum atomic E-state index is 8.92. The number of hydrogen-bond acceptors (Lipinski definition) is 6.